The van der Waals surface area contributed by atoms with Crippen LogP contribution in [0.4, 0.5) is 0 Å². The van der Waals surface area contributed by atoms with Crippen LogP contribution in [0.15, 0.2) is 12.2 Å². The molecule has 0 saturated carbocycles. The van der Waals surface area contributed by atoms with Crippen LogP contribution in [0.1, 0.15) is 6.92 Å². The van der Waals surface area contributed by atoms with Gasteiger partial charge >= 0.3 is 0 Å². The topological polar surface area (TPSA) is 61.4 Å². The fraction of sp³-hybridized carbons (Fsp3) is 0.500. The summed E-state index contributed by atoms with van der Waals surface area (Å²) < 4.78 is 0. The molecule has 0 saturated heterocycles. The van der Waals surface area contributed by atoms with Gasteiger partial charge in [0, 0.05) is 13.1 Å². The van der Waals surface area contributed by atoms with Crippen LogP contribution in [-0.2, 0) is 4.79 Å². The summed E-state index contributed by atoms with van der Waals surface area (Å²) in [6, 6.07) is 0. The fourth-order valence-electron chi connectivity index (χ4n) is 0.452. The van der Waals surface area contributed by atoms with E-state index in [1.54, 1.807) is 13.0 Å². The first-order valence-corrected chi connectivity index (χ1v) is 3.08. The van der Waals surface area contributed by atoms with E-state index in [-0.39, 0.29) is 5.91 Å². The molecule has 0 aliphatic heterocycles. The predicted molar refractivity (Wildman–Crippen MR) is 37.6 cm³/mol. The third-order valence-electron chi connectivity index (χ3n) is 0.854. The van der Waals surface area contributed by atoms with Gasteiger partial charge in [0.1, 0.15) is 0 Å². The molecule has 0 aromatic carbocycles. The Kier molecular flexibility index (Phi) is 5.71. The molecule has 0 radical (unpaired) electrons. The number of hydrogen-bond donors (Lipinski definition) is 3. The molecule has 0 fully saturated rings. The fourth-order valence-corrected chi connectivity index (χ4v) is 0.452. The summed E-state index contributed by atoms with van der Waals surface area (Å²) >= 11 is 0. The molecular weight excluding hydrogens is 132 g/mol. The summed E-state index contributed by atoms with van der Waals surface area (Å²) in [5.74, 6) is -0.141. The molecule has 0 aliphatic carbocycles. The van der Waals surface area contributed by atoms with Crippen molar-refractivity contribution in [3.63, 3.8) is 0 Å². The van der Waals surface area contributed by atoms with Crippen molar-refractivity contribution >= 4 is 5.91 Å². The minimum absolute atomic E-state index is 0.141. The molecule has 0 bridgehead atoms. The van der Waals surface area contributed by atoms with Crippen molar-refractivity contribution in [3.05, 3.63) is 12.2 Å². The van der Waals surface area contributed by atoms with Gasteiger partial charge in [0.15, 0.2) is 0 Å². The molecule has 10 heavy (non-hydrogen) atoms. The largest absolute Gasteiger partial charge is 0.351 e. The second kappa shape index (κ2) is 6.25. The molecule has 0 spiro atoms. The Bertz CT molecular complexity index is 123. The van der Waals surface area contributed by atoms with E-state index in [2.05, 4.69) is 5.32 Å². The standard InChI is InChI=1S/C6H12N2O2/c1-2-3-6(9)7-4-5-8-10/h2-3,8,10H,4-5H2,1H3,(H,7,9)/b3-2+. The third-order valence-corrected chi connectivity index (χ3v) is 0.854. The van der Waals surface area contributed by atoms with Gasteiger partial charge in [-0.1, -0.05) is 6.08 Å². The molecule has 0 heterocycles. The maximum Gasteiger partial charge on any atom is 0.243 e. The Morgan fingerprint density at radius 2 is 2.30 bits per heavy atom. The second-order valence-corrected chi connectivity index (χ2v) is 1.70. The van der Waals surface area contributed by atoms with Crippen molar-refractivity contribution in [1.82, 2.24) is 10.8 Å². The van der Waals surface area contributed by atoms with Gasteiger partial charge in [-0.15, -0.1) is 0 Å². The summed E-state index contributed by atoms with van der Waals surface area (Å²) in [7, 11) is 0. The molecule has 0 aromatic heterocycles. The van der Waals surface area contributed by atoms with Gasteiger partial charge in [0.05, 0.1) is 0 Å². The van der Waals surface area contributed by atoms with E-state index in [0.29, 0.717) is 13.1 Å². The van der Waals surface area contributed by atoms with Crippen molar-refractivity contribution in [2.75, 3.05) is 13.1 Å². The minimum Gasteiger partial charge on any atom is -0.351 e. The zero-order chi connectivity index (χ0) is 7.82. The van der Waals surface area contributed by atoms with Gasteiger partial charge in [0.25, 0.3) is 0 Å². The number of amides is 1. The number of carbonyl (C=O) groups excluding carboxylic acids is 1. The number of rotatable bonds is 4. The van der Waals surface area contributed by atoms with Gasteiger partial charge in [-0.2, -0.15) is 0 Å². The van der Waals surface area contributed by atoms with Crippen LogP contribution in [0.2, 0.25) is 0 Å². The van der Waals surface area contributed by atoms with E-state index in [9.17, 15) is 4.79 Å². The lowest BCUT2D eigenvalue weighted by Crippen LogP contribution is -2.29. The zero-order valence-electron chi connectivity index (χ0n) is 5.92. The third kappa shape index (κ3) is 5.27. The first-order valence-electron chi connectivity index (χ1n) is 3.08. The highest BCUT2D eigenvalue weighted by Gasteiger charge is 1.90. The molecular formula is C6H12N2O2. The molecule has 0 aliphatic rings. The first kappa shape index (κ1) is 9.13. The van der Waals surface area contributed by atoms with Gasteiger partial charge in [-0.05, 0) is 13.0 Å². The highest BCUT2D eigenvalue weighted by molar-refractivity contribution is 5.87. The molecule has 58 valence electrons. The van der Waals surface area contributed by atoms with Gasteiger partial charge < -0.3 is 10.5 Å². The molecule has 0 aromatic rings. The Morgan fingerprint density at radius 3 is 2.80 bits per heavy atom. The predicted octanol–water partition coefficient (Wildman–Crippen LogP) is -0.342. The molecule has 0 atom stereocenters. The smallest absolute Gasteiger partial charge is 0.243 e. The van der Waals surface area contributed by atoms with Crippen LogP contribution in [0, 0.1) is 0 Å². The number of hydrogen-bond acceptors (Lipinski definition) is 3. The van der Waals surface area contributed by atoms with Crippen molar-refractivity contribution < 1.29 is 10.0 Å². The van der Waals surface area contributed by atoms with E-state index in [0.717, 1.165) is 0 Å². The maximum atomic E-state index is 10.6. The number of allylic oxidation sites excluding steroid dienone is 1. The van der Waals surface area contributed by atoms with Crippen LogP contribution >= 0.6 is 0 Å². The van der Waals surface area contributed by atoms with Crippen molar-refractivity contribution in [2.24, 2.45) is 0 Å². The summed E-state index contributed by atoms with van der Waals surface area (Å²) in [4.78, 5) is 10.6. The van der Waals surface area contributed by atoms with Crippen LogP contribution in [0.5, 0.6) is 0 Å². The van der Waals surface area contributed by atoms with E-state index in [1.807, 2.05) is 5.48 Å². The maximum absolute atomic E-state index is 10.6. The molecule has 0 unspecified atom stereocenters. The lowest BCUT2D eigenvalue weighted by Gasteiger charge is -1.98. The highest BCUT2D eigenvalue weighted by atomic mass is 16.5. The normalized spacial score (nSPS) is 10.2. The Morgan fingerprint density at radius 1 is 1.60 bits per heavy atom. The van der Waals surface area contributed by atoms with Gasteiger partial charge in [-0.25, -0.2) is 5.48 Å². The van der Waals surface area contributed by atoms with E-state index >= 15 is 0 Å². The Labute approximate surface area is 59.9 Å². The van der Waals surface area contributed by atoms with Crippen LogP contribution in [-0.4, -0.2) is 24.2 Å². The molecule has 4 heteroatoms. The van der Waals surface area contributed by atoms with Crippen molar-refractivity contribution in [2.45, 2.75) is 6.92 Å². The lowest BCUT2D eigenvalue weighted by atomic mass is 10.5. The van der Waals surface area contributed by atoms with E-state index < -0.39 is 0 Å². The average molecular weight is 144 g/mol. The van der Waals surface area contributed by atoms with Crippen LogP contribution in [0.3, 0.4) is 0 Å². The van der Waals surface area contributed by atoms with Crippen molar-refractivity contribution in [1.29, 1.82) is 0 Å². The summed E-state index contributed by atoms with van der Waals surface area (Å²) in [6.45, 7) is 2.56. The summed E-state index contributed by atoms with van der Waals surface area (Å²) in [6.07, 6.45) is 3.08. The quantitative estimate of drug-likeness (QED) is 0.287. The van der Waals surface area contributed by atoms with Gasteiger partial charge in [0.2, 0.25) is 5.91 Å². The van der Waals surface area contributed by atoms with Gasteiger partial charge in [-0.3, -0.25) is 4.79 Å². The summed E-state index contributed by atoms with van der Waals surface area (Å²) in [5, 5.41) is 10.6. The molecule has 0 rings (SSSR count). The number of carbonyl (C=O) groups is 1. The first-order chi connectivity index (χ1) is 4.81. The molecule has 1 amide bonds. The zero-order valence-corrected chi connectivity index (χ0v) is 5.92. The van der Waals surface area contributed by atoms with E-state index in [4.69, 9.17) is 5.21 Å². The van der Waals surface area contributed by atoms with E-state index in [1.165, 1.54) is 6.08 Å². The Hall–Kier alpha value is -0.870. The summed E-state index contributed by atoms with van der Waals surface area (Å²) in [5.41, 5.74) is 1.93. The minimum atomic E-state index is -0.141. The highest BCUT2D eigenvalue weighted by Crippen LogP contribution is 1.69. The number of nitrogens with one attached hydrogen (secondary N) is 2. The lowest BCUT2D eigenvalue weighted by molar-refractivity contribution is -0.116. The van der Waals surface area contributed by atoms with Crippen LogP contribution in [0.25, 0.3) is 0 Å². The average Bonchev–Trinajstić information content (AvgIpc) is 1.89. The monoisotopic (exact) mass is 144 g/mol. The van der Waals surface area contributed by atoms with Crippen molar-refractivity contribution in [3.8, 4) is 0 Å². The SMILES string of the molecule is C/C=C/C(=O)NCCNO. The second-order valence-electron chi connectivity index (χ2n) is 1.70. The Balaban J connectivity index is 3.22. The van der Waals surface area contributed by atoms with Crippen LogP contribution < -0.4 is 10.8 Å². The molecule has 3 N–H and O–H groups in total. The molecule has 4 nitrogen and oxygen atoms in total. The number of hydroxylamine groups is 1.